The molecule has 0 aromatic heterocycles. The van der Waals surface area contributed by atoms with Crippen molar-refractivity contribution in [2.75, 3.05) is 0 Å². The highest BCUT2D eigenvalue weighted by molar-refractivity contribution is 4.86. The predicted molar refractivity (Wildman–Crippen MR) is 70.9 cm³/mol. The fourth-order valence-corrected chi connectivity index (χ4v) is 3.56. The molecule has 3 N–H and O–H groups in total. The second kappa shape index (κ2) is 7.29. The Morgan fingerprint density at radius 2 is 1.94 bits per heavy atom. The van der Waals surface area contributed by atoms with Crippen LogP contribution in [0.15, 0.2) is 0 Å². The summed E-state index contributed by atoms with van der Waals surface area (Å²) in [5.41, 5.74) is 3.12. The molecule has 0 saturated heterocycles. The fourth-order valence-electron chi connectivity index (χ4n) is 3.56. The summed E-state index contributed by atoms with van der Waals surface area (Å²) in [5.74, 6) is 8.22. The number of nitrogens with two attached hydrogens (primary N) is 1. The molecule has 0 aliphatic heterocycles. The van der Waals surface area contributed by atoms with E-state index in [0.717, 1.165) is 11.8 Å². The molecule has 16 heavy (non-hydrogen) atoms. The van der Waals surface area contributed by atoms with Gasteiger partial charge in [0.2, 0.25) is 0 Å². The summed E-state index contributed by atoms with van der Waals surface area (Å²) in [7, 11) is 0. The smallest absolute Gasteiger partial charge is 0.0267 e. The number of hydrazine groups is 1. The minimum Gasteiger partial charge on any atom is -0.271 e. The molecule has 0 spiro atoms. The molecular formula is C14H30N2. The molecule has 96 valence electrons. The van der Waals surface area contributed by atoms with Gasteiger partial charge in [0, 0.05) is 6.04 Å². The van der Waals surface area contributed by atoms with Gasteiger partial charge in [0.1, 0.15) is 0 Å². The zero-order valence-electron chi connectivity index (χ0n) is 11.3. The second-order valence-electron chi connectivity index (χ2n) is 5.58. The van der Waals surface area contributed by atoms with Crippen molar-refractivity contribution in [3.05, 3.63) is 0 Å². The Morgan fingerprint density at radius 3 is 2.50 bits per heavy atom. The second-order valence-corrected chi connectivity index (χ2v) is 5.58. The zero-order chi connectivity index (χ0) is 12.0. The standard InChI is InChI=1S/C14H30N2/c1-4-8-11(3)14(16-15)13-10-7-6-9-12(13)5-2/h11-14,16H,4-10,15H2,1-3H3. The van der Waals surface area contributed by atoms with E-state index < -0.39 is 0 Å². The lowest BCUT2D eigenvalue weighted by Gasteiger charge is -2.39. The van der Waals surface area contributed by atoms with Crippen molar-refractivity contribution < 1.29 is 0 Å². The lowest BCUT2D eigenvalue weighted by Crippen LogP contribution is -2.48. The molecular weight excluding hydrogens is 196 g/mol. The molecule has 4 unspecified atom stereocenters. The molecule has 2 nitrogen and oxygen atoms in total. The summed E-state index contributed by atoms with van der Waals surface area (Å²) in [6, 6.07) is 0.533. The highest BCUT2D eigenvalue weighted by atomic mass is 15.2. The summed E-state index contributed by atoms with van der Waals surface area (Å²) >= 11 is 0. The van der Waals surface area contributed by atoms with Crippen LogP contribution in [0.4, 0.5) is 0 Å². The van der Waals surface area contributed by atoms with E-state index in [0.29, 0.717) is 12.0 Å². The van der Waals surface area contributed by atoms with Crippen LogP contribution in [-0.4, -0.2) is 6.04 Å². The minimum atomic E-state index is 0.533. The van der Waals surface area contributed by atoms with Crippen molar-refractivity contribution in [2.24, 2.45) is 23.6 Å². The van der Waals surface area contributed by atoms with Crippen molar-refractivity contribution >= 4 is 0 Å². The highest BCUT2D eigenvalue weighted by Crippen LogP contribution is 2.37. The Kier molecular flexibility index (Phi) is 6.37. The van der Waals surface area contributed by atoms with Gasteiger partial charge in [-0.2, -0.15) is 0 Å². The third-order valence-electron chi connectivity index (χ3n) is 4.50. The molecule has 1 aliphatic carbocycles. The predicted octanol–water partition coefficient (Wildman–Crippen LogP) is 3.47. The van der Waals surface area contributed by atoms with Crippen LogP contribution in [0.5, 0.6) is 0 Å². The molecule has 1 saturated carbocycles. The van der Waals surface area contributed by atoms with Gasteiger partial charge in [0.15, 0.2) is 0 Å². The topological polar surface area (TPSA) is 38.0 Å². The summed E-state index contributed by atoms with van der Waals surface area (Å²) in [4.78, 5) is 0. The van der Waals surface area contributed by atoms with Gasteiger partial charge in [-0.3, -0.25) is 11.3 Å². The summed E-state index contributed by atoms with van der Waals surface area (Å²) in [6.07, 6.45) is 9.50. The third kappa shape index (κ3) is 3.46. The summed E-state index contributed by atoms with van der Waals surface area (Å²) in [6.45, 7) is 6.96. The van der Waals surface area contributed by atoms with Crippen LogP contribution in [0.3, 0.4) is 0 Å². The molecule has 4 atom stereocenters. The summed E-state index contributed by atoms with van der Waals surface area (Å²) < 4.78 is 0. The number of rotatable bonds is 6. The van der Waals surface area contributed by atoms with Crippen LogP contribution in [-0.2, 0) is 0 Å². The third-order valence-corrected chi connectivity index (χ3v) is 4.50. The van der Waals surface area contributed by atoms with E-state index in [2.05, 4.69) is 26.2 Å². The van der Waals surface area contributed by atoms with Crippen molar-refractivity contribution in [1.82, 2.24) is 5.43 Å². The number of hydrogen-bond acceptors (Lipinski definition) is 2. The monoisotopic (exact) mass is 226 g/mol. The van der Waals surface area contributed by atoms with Gasteiger partial charge in [0.25, 0.3) is 0 Å². The molecule has 0 bridgehead atoms. The van der Waals surface area contributed by atoms with Crippen LogP contribution >= 0.6 is 0 Å². The lowest BCUT2D eigenvalue weighted by molar-refractivity contribution is 0.138. The van der Waals surface area contributed by atoms with Crippen LogP contribution in [0, 0.1) is 17.8 Å². The van der Waals surface area contributed by atoms with Gasteiger partial charge in [-0.25, -0.2) is 0 Å². The van der Waals surface area contributed by atoms with E-state index in [4.69, 9.17) is 5.84 Å². The quantitative estimate of drug-likeness (QED) is 0.537. The normalized spacial score (nSPS) is 30.0. The maximum atomic E-state index is 5.80. The molecule has 0 radical (unpaired) electrons. The van der Waals surface area contributed by atoms with Crippen molar-refractivity contribution in [3.63, 3.8) is 0 Å². The van der Waals surface area contributed by atoms with Gasteiger partial charge < -0.3 is 0 Å². The van der Waals surface area contributed by atoms with E-state index >= 15 is 0 Å². The number of nitrogens with one attached hydrogen (secondary N) is 1. The first-order valence-electron chi connectivity index (χ1n) is 7.20. The summed E-state index contributed by atoms with van der Waals surface area (Å²) in [5, 5.41) is 0. The molecule has 1 fully saturated rings. The number of hydrogen-bond donors (Lipinski definition) is 2. The van der Waals surface area contributed by atoms with Crippen molar-refractivity contribution in [2.45, 2.75) is 71.8 Å². The van der Waals surface area contributed by atoms with Gasteiger partial charge in [-0.15, -0.1) is 0 Å². The Labute approximate surface area is 101 Å². The average Bonchev–Trinajstić information content (AvgIpc) is 2.31. The van der Waals surface area contributed by atoms with Crippen LogP contribution in [0.25, 0.3) is 0 Å². The zero-order valence-corrected chi connectivity index (χ0v) is 11.3. The van der Waals surface area contributed by atoms with Gasteiger partial charge in [-0.05, 0) is 30.6 Å². The first-order chi connectivity index (χ1) is 7.74. The van der Waals surface area contributed by atoms with Gasteiger partial charge in [0.05, 0.1) is 0 Å². The van der Waals surface area contributed by atoms with Crippen LogP contribution in [0.2, 0.25) is 0 Å². The minimum absolute atomic E-state index is 0.533. The Morgan fingerprint density at radius 1 is 1.25 bits per heavy atom. The average molecular weight is 226 g/mol. The van der Waals surface area contributed by atoms with Crippen LogP contribution in [0.1, 0.15) is 65.7 Å². The van der Waals surface area contributed by atoms with Gasteiger partial charge >= 0.3 is 0 Å². The lowest BCUT2D eigenvalue weighted by atomic mass is 9.71. The van der Waals surface area contributed by atoms with Crippen molar-refractivity contribution in [3.8, 4) is 0 Å². The molecule has 0 heterocycles. The molecule has 1 aliphatic rings. The highest BCUT2D eigenvalue weighted by Gasteiger charge is 2.32. The Hall–Kier alpha value is -0.0800. The van der Waals surface area contributed by atoms with Crippen LogP contribution < -0.4 is 11.3 Å². The maximum absolute atomic E-state index is 5.80. The molecule has 0 aromatic carbocycles. The fraction of sp³-hybridized carbons (Fsp3) is 1.00. The Balaban J connectivity index is 2.61. The van der Waals surface area contributed by atoms with E-state index in [1.807, 2.05) is 0 Å². The SMILES string of the molecule is CCCC(C)C(NN)C1CCCCC1CC. The Bertz CT molecular complexity index is 182. The van der Waals surface area contributed by atoms with Crippen molar-refractivity contribution in [1.29, 1.82) is 0 Å². The first kappa shape index (κ1) is 14.0. The van der Waals surface area contributed by atoms with E-state index in [1.54, 1.807) is 0 Å². The van der Waals surface area contributed by atoms with E-state index in [9.17, 15) is 0 Å². The molecule has 1 rings (SSSR count). The molecule has 0 aromatic rings. The van der Waals surface area contributed by atoms with E-state index in [1.165, 1.54) is 44.9 Å². The molecule has 0 amide bonds. The van der Waals surface area contributed by atoms with Gasteiger partial charge in [-0.1, -0.05) is 52.9 Å². The largest absolute Gasteiger partial charge is 0.271 e. The molecule has 2 heteroatoms. The maximum Gasteiger partial charge on any atom is 0.0267 e. The first-order valence-corrected chi connectivity index (χ1v) is 7.20. The van der Waals surface area contributed by atoms with E-state index in [-0.39, 0.29) is 0 Å².